The highest BCUT2D eigenvalue weighted by atomic mass is 16.5. The summed E-state index contributed by atoms with van der Waals surface area (Å²) < 4.78 is 5.45. The minimum atomic E-state index is -0.693. The number of H-pyrrole nitrogens is 1. The first-order valence-electron chi connectivity index (χ1n) is 7.34. The van der Waals surface area contributed by atoms with Crippen molar-refractivity contribution in [2.24, 2.45) is 0 Å². The molecule has 0 aliphatic rings. The fourth-order valence-electron chi connectivity index (χ4n) is 2.41. The van der Waals surface area contributed by atoms with Crippen molar-refractivity contribution in [3.05, 3.63) is 60.3 Å². The molecule has 0 fully saturated rings. The molecule has 2 N–H and O–H groups in total. The average molecular weight is 308 g/mol. The standard InChI is InChI=1S/C18H16N2O3/c1-2-23-16-10-6-5-9-15(16)20-18(22)17(21)13-11-19-14-8-4-3-7-12(13)14/h3-11,19H,2H2,1H3,(H,20,22). The van der Waals surface area contributed by atoms with E-state index in [0.717, 1.165) is 10.9 Å². The molecule has 0 saturated carbocycles. The molecule has 0 bridgehead atoms. The summed E-state index contributed by atoms with van der Waals surface area (Å²) in [6, 6.07) is 14.4. The van der Waals surface area contributed by atoms with Crippen molar-refractivity contribution < 1.29 is 14.3 Å². The van der Waals surface area contributed by atoms with Gasteiger partial charge in [-0.05, 0) is 25.1 Å². The van der Waals surface area contributed by atoms with Crippen molar-refractivity contribution in [2.45, 2.75) is 6.92 Å². The molecule has 3 aromatic rings. The van der Waals surface area contributed by atoms with Crippen molar-refractivity contribution in [3.8, 4) is 5.75 Å². The van der Waals surface area contributed by atoms with E-state index in [1.807, 2.05) is 31.2 Å². The largest absolute Gasteiger partial charge is 0.492 e. The second-order valence-electron chi connectivity index (χ2n) is 4.96. The Hall–Kier alpha value is -3.08. The van der Waals surface area contributed by atoms with Gasteiger partial charge in [-0.1, -0.05) is 30.3 Å². The van der Waals surface area contributed by atoms with Crippen LogP contribution in [0.1, 0.15) is 17.3 Å². The van der Waals surface area contributed by atoms with E-state index in [0.29, 0.717) is 23.6 Å². The molecule has 2 aromatic carbocycles. The Bertz CT molecular complexity index is 867. The number of nitrogens with one attached hydrogen (secondary N) is 2. The van der Waals surface area contributed by atoms with E-state index < -0.39 is 11.7 Å². The van der Waals surface area contributed by atoms with Gasteiger partial charge in [0, 0.05) is 17.1 Å². The Labute approximate surface area is 133 Å². The maximum atomic E-state index is 12.4. The number of hydrogen-bond acceptors (Lipinski definition) is 3. The number of ketones is 1. The number of benzene rings is 2. The molecule has 0 atom stereocenters. The Kier molecular flexibility index (Phi) is 4.10. The lowest BCUT2D eigenvalue weighted by Gasteiger charge is -2.10. The molecule has 116 valence electrons. The Morgan fingerprint density at radius 1 is 1.09 bits per heavy atom. The van der Waals surface area contributed by atoms with Gasteiger partial charge in [0.15, 0.2) is 0 Å². The molecule has 5 heteroatoms. The molecule has 1 heterocycles. The topological polar surface area (TPSA) is 71.2 Å². The van der Waals surface area contributed by atoms with Gasteiger partial charge in [0.05, 0.1) is 17.9 Å². The summed E-state index contributed by atoms with van der Waals surface area (Å²) in [7, 11) is 0. The summed E-state index contributed by atoms with van der Waals surface area (Å²) >= 11 is 0. The number of carbonyl (C=O) groups excluding carboxylic acids is 2. The molecule has 0 unspecified atom stereocenters. The normalized spacial score (nSPS) is 10.5. The van der Waals surface area contributed by atoms with Crippen molar-refractivity contribution in [1.29, 1.82) is 0 Å². The van der Waals surface area contributed by atoms with Crippen LogP contribution in [0.15, 0.2) is 54.7 Å². The lowest BCUT2D eigenvalue weighted by Crippen LogP contribution is -2.23. The van der Waals surface area contributed by atoms with Crippen LogP contribution < -0.4 is 10.1 Å². The highest BCUT2D eigenvalue weighted by molar-refractivity contribution is 6.48. The van der Waals surface area contributed by atoms with Gasteiger partial charge in [-0.2, -0.15) is 0 Å². The van der Waals surface area contributed by atoms with Crippen molar-refractivity contribution in [2.75, 3.05) is 11.9 Å². The molecule has 23 heavy (non-hydrogen) atoms. The van der Waals surface area contributed by atoms with E-state index in [1.165, 1.54) is 0 Å². The predicted molar refractivity (Wildman–Crippen MR) is 88.9 cm³/mol. The van der Waals surface area contributed by atoms with Crippen LogP contribution in [0.2, 0.25) is 0 Å². The number of aromatic nitrogens is 1. The van der Waals surface area contributed by atoms with Gasteiger partial charge >= 0.3 is 0 Å². The minimum Gasteiger partial charge on any atom is -0.492 e. The third-order valence-corrected chi connectivity index (χ3v) is 3.48. The number of aromatic amines is 1. The van der Waals surface area contributed by atoms with E-state index in [4.69, 9.17) is 4.74 Å². The number of fused-ring (bicyclic) bond motifs is 1. The maximum Gasteiger partial charge on any atom is 0.296 e. The van der Waals surface area contributed by atoms with Crippen LogP contribution in [-0.2, 0) is 4.79 Å². The van der Waals surface area contributed by atoms with Crippen molar-refractivity contribution in [3.63, 3.8) is 0 Å². The van der Waals surface area contributed by atoms with Crippen LogP contribution in [-0.4, -0.2) is 23.3 Å². The maximum absolute atomic E-state index is 12.4. The third kappa shape index (κ3) is 2.94. The predicted octanol–water partition coefficient (Wildman–Crippen LogP) is 3.39. The molecule has 5 nitrogen and oxygen atoms in total. The van der Waals surface area contributed by atoms with Gasteiger partial charge < -0.3 is 15.0 Å². The molecule has 0 saturated heterocycles. The Morgan fingerprint density at radius 3 is 2.65 bits per heavy atom. The summed E-state index contributed by atoms with van der Waals surface area (Å²) in [6.45, 7) is 2.33. The van der Waals surface area contributed by atoms with Gasteiger partial charge in [0.1, 0.15) is 5.75 Å². The number of para-hydroxylation sites is 3. The summed E-state index contributed by atoms with van der Waals surface area (Å²) in [5.41, 5.74) is 1.65. The van der Waals surface area contributed by atoms with Crippen molar-refractivity contribution >= 4 is 28.3 Å². The number of hydrogen-bond donors (Lipinski definition) is 2. The quantitative estimate of drug-likeness (QED) is 0.560. The summed E-state index contributed by atoms with van der Waals surface area (Å²) in [5.74, 6) is -0.745. The van der Waals surface area contributed by atoms with Crippen LogP contribution in [0.4, 0.5) is 5.69 Å². The molecule has 1 amide bonds. The monoisotopic (exact) mass is 308 g/mol. The van der Waals surface area contributed by atoms with Gasteiger partial charge in [-0.15, -0.1) is 0 Å². The highest BCUT2D eigenvalue weighted by Crippen LogP contribution is 2.24. The summed E-state index contributed by atoms with van der Waals surface area (Å²) in [4.78, 5) is 27.7. The number of anilines is 1. The van der Waals surface area contributed by atoms with Gasteiger partial charge in [0.2, 0.25) is 0 Å². The molecule has 0 aliphatic heterocycles. The van der Waals surface area contributed by atoms with E-state index in [-0.39, 0.29) is 0 Å². The molecular formula is C18H16N2O3. The first-order chi connectivity index (χ1) is 11.2. The zero-order valence-electron chi connectivity index (χ0n) is 12.6. The minimum absolute atomic E-state index is 0.354. The fourth-order valence-corrected chi connectivity index (χ4v) is 2.41. The second kappa shape index (κ2) is 6.36. The van der Waals surface area contributed by atoms with Gasteiger partial charge in [-0.3, -0.25) is 9.59 Å². The summed E-state index contributed by atoms with van der Waals surface area (Å²) in [6.07, 6.45) is 1.56. The Morgan fingerprint density at radius 2 is 1.83 bits per heavy atom. The number of Topliss-reactive ketones (excluding diaryl/α,β-unsaturated/α-hetero) is 1. The van der Waals surface area contributed by atoms with E-state index in [1.54, 1.807) is 30.5 Å². The van der Waals surface area contributed by atoms with Crippen LogP contribution in [0.3, 0.4) is 0 Å². The second-order valence-corrected chi connectivity index (χ2v) is 4.96. The average Bonchev–Trinajstić information content (AvgIpc) is 3.00. The fraction of sp³-hybridized carbons (Fsp3) is 0.111. The summed E-state index contributed by atoms with van der Waals surface area (Å²) in [5, 5.41) is 3.35. The number of amides is 1. The van der Waals surface area contributed by atoms with Crippen LogP contribution in [0.5, 0.6) is 5.75 Å². The number of carbonyl (C=O) groups is 2. The zero-order chi connectivity index (χ0) is 16.2. The smallest absolute Gasteiger partial charge is 0.296 e. The lowest BCUT2D eigenvalue weighted by atomic mass is 10.1. The van der Waals surface area contributed by atoms with Crippen LogP contribution >= 0.6 is 0 Å². The molecule has 1 aromatic heterocycles. The van der Waals surface area contributed by atoms with Gasteiger partial charge in [-0.25, -0.2) is 0 Å². The first-order valence-corrected chi connectivity index (χ1v) is 7.34. The van der Waals surface area contributed by atoms with Crippen molar-refractivity contribution in [1.82, 2.24) is 4.98 Å². The molecule has 0 radical (unpaired) electrons. The Balaban J connectivity index is 1.85. The van der Waals surface area contributed by atoms with Gasteiger partial charge in [0.25, 0.3) is 11.7 Å². The molecule has 0 aliphatic carbocycles. The zero-order valence-corrected chi connectivity index (χ0v) is 12.6. The van der Waals surface area contributed by atoms with Crippen LogP contribution in [0.25, 0.3) is 10.9 Å². The molecular weight excluding hydrogens is 292 g/mol. The highest BCUT2D eigenvalue weighted by Gasteiger charge is 2.20. The lowest BCUT2D eigenvalue weighted by molar-refractivity contribution is -0.112. The SMILES string of the molecule is CCOc1ccccc1NC(=O)C(=O)c1c[nH]c2ccccc12. The van der Waals surface area contributed by atoms with E-state index in [9.17, 15) is 9.59 Å². The first kappa shape index (κ1) is 14.8. The van der Waals surface area contributed by atoms with E-state index >= 15 is 0 Å². The molecule has 3 rings (SSSR count). The number of ether oxygens (including phenoxy) is 1. The van der Waals surface area contributed by atoms with E-state index in [2.05, 4.69) is 10.3 Å². The van der Waals surface area contributed by atoms with Crippen LogP contribution in [0, 0.1) is 0 Å². The molecule has 0 spiro atoms. The number of rotatable bonds is 5. The third-order valence-electron chi connectivity index (χ3n) is 3.48.